The van der Waals surface area contributed by atoms with E-state index in [1.807, 2.05) is 18.2 Å². The first kappa shape index (κ1) is 19.2. The molecule has 1 saturated carbocycles. The van der Waals surface area contributed by atoms with Crippen LogP contribution in [0.5, 0.6) is 0 Å². The minimum atomic E-state index is -0.191. The van der Waals surface area contributed by atoms with Gasteiger partial charge in [-0.05, 0) is 61.9 Å². The van der Waals surface area contributed by atoms with Gasteiger partial charge in [0.15, 0.2) is 5.82 Å². The van der Waals surface area contributed by atoms with Crippen LogP contribution in [-0.4, -0.2) is 47.4 Å². The number of fused-ring (bicyclic) bond motifs is 1. The Morgan fingerprint density at radius 2 is 1.84 bits per heavy atom. The molecule has 154 valence electrons. The van der Waals surface area contributed by atoms with Gasteiger partial charge in [-0.1, -0.05) is 5.92 Å². The second-order valence-electron chi connectivity index (χ2n) is 7.60. The SMILES string of the molecule is O[C@H]1CC[C@H](Nc2nccc(-c3nccc(C#Cc4ccc5[nH]ncc5c4)n3)n2)CC1. The summed E-state index contributed by atoms with van der Waals surface area (Å²) in [6.45, 7) is 0. The van der Waals surface area contributed by atoms with Crippen LogP contribution in [0.25, 0.3) is 22.4 Å². The molecule has 0 radical (unpaired) electrons. The van der Waals surface area contributed by atoms with Gasteiger partial charge >= 0.3 is 0 Å². The molecule has 0 amide bonds. The molecular formula is C23H21N7O. The van der Waals surface area contributed by atoms with Crippen LogP contribution in [0, 0.1) is 11.8 Å². The van der Waals surface area contributed by atoms with E-state index in [2.05, 4.69) is 47.3 Å². The zero-order valence-electron chi connectivity index (χ0n) is 16.8. The second kappa shape index (κ2) is 8.50. The van der Waals surface area contributed by atoms with Crippen LogP contribution >= 0.6 is 0 Å². The number of aromatic nitrogens is 6. The Morgan fingerprint density at radius 3 is 2.74 bits per heavy atom. The van der Waals surface area contributed by atoms with Crippen molar-refractivity contribution in [3.63, 3.8) is 0 Å². The van der Waals surface area contributed by atoms with Gasteiger partial charge in [0.25, 0.3) is 0 Å². The number of aliphatic hydroxyl groups is 1. The monoisotopic (exact) mass is 411 g/mol. The minimum absolute atomic E-state index is 0.191. The third-order valence-corrected chi connectivity index (χ3v) is 5.35. The van der Waals surface area contributed by atoms with E-state index in [9.17, 15) is 5.11 Å². The van der Waals surface area contributed by atoms with Gasteiger partial charge in [-0.25, -0.2) is 19.9 Å². The number of rotatable bonds is 3. The number of H-pyrrole nitrogens is 1. The Hall–Kier alpha value is -3.83. The fraction of sp³-hybridized carbons (Fsp3) is 0.261. The molecule has 0 atom stereocenters. The first-order chi connectivity index (χ1) is 15.2. The van der Waals surface area contributed by atoms with Crippen LogP contribution < -0.4 is 5.32 Å². The van der Waals surface area contributed by atoms with Crippen LogP contribution in [0.1, 0.15) is 36.9 Å². The molecule has 1 aliphatic rings. The molecule has 31 heavy (non-hydrogen) atoms. The molecule has 3 N–H and O–H groups in total. The number of aliphatic hydroxyl groups excluding tert-OH is 1. The summed E-state index contributed by atoms with van der Waals surface area (Å²) in [4.78, 5) is 17.8. The fourth-order valence-corrected chi connectivity index (χ4v) is 3.66. The number of hydrogen-bond acceptors (Lipinski definition) is 7. The average Bonchev–Trinajstić information content (AvgIpc) is 3.28. The third kappa shape index (κ3) is 4.52. The highest BCUT2D eigenvalue weighted by atomic mass is 16.3. The van der Waals surface area contributed by atoms with Crippen molar-refractivity contribution in [2.45, 2.75) is 37.8 Å². The van der Waals surface area contributed by atoms with Gasteiger partial charge < -0.3 is 10.4 Å². The zero-order valence-corrected chi connectivity index (χ0v) is 16.8. The highest BCUT2D eigenvalue weighted by molar-refractivity contribution is 5.79. The number of nitrogens with zero attached hydrogens (tertiary/aromatic N) is 5. The van der Waals surface area contributed by atoms with E-state index in [1.54, 1.807) is 30.7 Å². The minimum Gasteiger partial charge on any atom is -0.393 e. The summed E-state index contributed by atoms with van der Waals surface area (Å²) in [5, 5.41) is 21.0. The summed E-state index contributed by atoms with van der Waals surface area (Å²) >= 11 is 0. The predicted molar refractivity (Wildman–Crippen MR) is 117 cm³/mol. The first-order valence-electron chi connectivity index (χ1n) is 10.3. The van der Waals surface area contributed by atoms with Crippen LogP contribution in [-0.2, 0) is 0 Å². The molecule has 8 nitrogen and oxygen atoms in total. The van der Waals surface area contributed by atoms with Crippen molar-refractivity contribution in [1.29, 1.82) is 0 Å². The lowest BCUT2D eigenvalue weighted by atomic mass is 9.93. The maximum absolute atomic E-state index is 9.67. The second-order valence-corrected chi connectivity index (χ2v) is 7.60. The largest absolute Gasteiger partial charge is 0.393 e. The highest BCUT2D eigenvalue weighted by Crippen LogP contribution is 2.21. The Labute approximate surface area is 179 Å². The lowest BCUT2D eigenvalue weighted by Gasteiger charge is -2.26. The van der Waals surface area contributed by atoms with Gasteiger partial charge in [-0.3, -0.25) is 5.10 Å². The van der Waals surface area contributed by atoms with Crippen molar-refractivity contribution < 1.29 is 5.11 Å². The summed E-state index contributed by atoms with van der Waals surface area (Å²) in [6.07, 6.45) is 8.38. The molecule has 0 aliphatic heterocycles. The lowest BCUT2D eigenvalue weighted by molar-refractivity contribution is 0.126. The summed E-state index contributed by atoms with van der Waals surface area (Å²) in [6, 6.07) is 9.72. The van der Waals surface area contributed by atoms with Crippen molar-refractivity contribution in [3.05, 3.63) is 60.2 Å². The number of benzene rings is 1. The molecule has 3 aromatic heterocycles. The molecule has 3 heterocycles. The maximum Gasteiger partial charge on any atom is 0.223 e. The number of nitrogens with one attached hydrogen (secondary N) is 2. The van der Waals surface area contributed by atoms with E-state index in [0.717, 1.165) is 42.1 Å². The third-order valence-electron chi connectivity index (χ3n) is 5.35. The summed E-state index contributed by atoms with van der Waals surface area (Å²) in [5.41, 5.74) is 3.12. The molecule has 0 saturated heterocycles. The average molecular weight is 411 g/mol. The smallest absolute Gasteiger partial charge is 0.223 e. The fourth-order valence-electron chi connectivity index (χ4n) is 3.66. The molecule has 5 rings (SSSR count). The molecule has 1 aromatic carbocycles. The Balaban J connectivity index is 1.34. The van der Waals surface area contributed by atoms with Crippen LogP contribution in [0.15, 0.2) is 48.9 Å². The molecule has 0 spiro atoms. The van der Waals surface area contributed by atoms with Gasteiger partial charge in [0.2, 0.25) is 5.95 Å². The Kier molecular flexibility index (Phi) is 5.25. The highest BCUT2D eigenvalue weighted by Gasteiger charge is 2.20. The van der Waals surface area contributed by atoms with Crippen LogP contribution in [0.3, 0.4) is 0 Å². The van der Waals surface area contributed by atoms with Gasteiger partial charge in [0.1, 0.15) is 11.4 Å². The van der Waals surface area contributed by atoms with Crippen molar-refractivity contribution in [3.8, 4) is 23.4 Å². The standard InChI is InChI=1S/C23H21N7O/c31-19-6-4-17(5-7-19)28-23-25-12-10-21(29-23)22-24-11-9-18(27-22)3-1-15-2-8-20-16(13-15)14-26-30-20/h2,8-14,17,19,31H,4-7H2,(H,26,30)(H,25,28,29)/t17-,19-. The van der Waals surface area contributed by atoms with Gasteiger partial charge in [-0.15, -0.1) is 0 Å². The Bertz CT molecular complexity index is 1270. The molecule has 0 unspecified atom stereocenters. The van der Waals surface area contributed by atoms with E-state index in [4.69, 9.17) is 0 Å². The maximum atomic E-state index is 9.67. The normalized spacial score (nSPS) is 18.4. The topological polar surface area (TPSA) is 112 Å². The predicted octanol–water partition coefficient (Wildman–Crippen LogP) is 2.93. The van der Waals surface area contributed by atoms with Crippen LogP contribution in [0.2, 0.25) is 0 Å². The van der Waals surface area contributed by atoms with Crippen molar-refractivity contribution >= 4 is 16.9 Å². The molecule has 1 fully saturated rings. The van der Waals surface area contributed by atoms with E-state index in [0.29, 0.717) is 23.2 Å². The van der Waals surface area contributed by atoms with Gasteiger partial charge in [0.05, 0.1) is 17.8 Å². The van der Waals surface area contributed by atoms with Crippen LogP contribution in [0.4, 0.5) is 5.95 Å². The van der Waals surface area contributed by atoms with E-state index in [-0.39, 0.29) is 12.1 Å². The molecule has 4 aromatic rings. The molecule has 1 aliphatic carbocycles. The van der Waals surface area contributed by atoms with Crippen molar-refractivity contribution in [1.82, 2.24) is 30.1 Å². The number of hydrogen-bond donors (Lipinski definition) is 3. The summed E-state index contributed by atoms with van der Waals surface area (Å²) in [7, 11) is 0. The number of anilines is 1. The molecular weight excluding hydrogens is 390 g/mol. The zero-order chi connectivity index (χ0) is 21.0. The van der Waals surface area contributed by atoms with E-state index < -0.39 is 0 Å². The quantitative estimate of drug-likeness (QED) is 0.444. The lowest BCUT2D eigenvalue weighted by Crippen LogP contribution is -2.28. The Morgan fingerprint density at radius 1 is 0.968 bits per heavy atom. The van der Waals surface area contributed by atoms with Gasteiger partial charge in [-0.2, -0.15) is 5.10 Å². The van der Waals surface area contributed by atoms with Crippen molar-refractivity contribution in [2.24, 2.45) is 0 Å². The van der Waals surface area contributed by atoms with E-state index in [1.165, 1.54) is 0 Å². The first-order valence-corrected chi connectivity index (χ1v) is 10.3. The molecule has 8 heteroatoms. The van der Waals surface area contributed by atoms with Gasteiger partial charge in [0, 0.05) is 29.4 Å². The van der Waals surface area contributed by atoms with E-state index >= 15 is 0 Å². The summed E-state index contributed by atoms with van der Waals surface area (Å²) in [5.74, 6) is 7.29. The summed E-state index contributed by atoms with van der Waals surface area (Å²) < 4.78 is 0. The van der Waals surface area contributed by atoms with Crippen molar-refractivity contribution in [2.75, 3.05) is 5.32 Å². The number of aromatic amines is 1. The molecule has 0 bridgehead atoms.